The number of para-hydroxylation sites is 3. The first kappa shape index (κ1) is 29.1. The molecular weight excluding hydrogens is 757 g/mol. The van der Waals surface area contributed by atoms with Gasteiger partial charge in [0, 0.05) is 23.0 Å². The first-order valence-electron chi connectivity index (χ1n) is 26.0. The normalized spacial score (nSPS) is 14.2. The van der Waals surface area contributed by atoms with Crippen LogP contribution in [-0.4, -0.2) is 14.1 Å². The summed E-state index contributed by atoms with van der Waals surface area (Å²) in [5, 5.41) is 2.18. The number of hydrogen-bond donors (Lipinski definition) is 0. The monoisotopic (exact) mass is 816 g/mol. The first-order chi connectivity index (χ1) is 34.4. The molecule has 0 fully saturated rings. The highest BCUT2D eigenvalue weighted by atomic mass is 16.5. The number of rotatable bonds is 10. The van der Waals surface area contributed by atoms with Gasteiger partial charge in [-0.3, -0.25) is 13.7 Å². The van der Waals surface area contributed by atoms with Crippen molar-refractivity contribution in [3.05, 3.63) is 199 Å². The van der Waals surface area contributed by atoms with Gasteiger partial charge in [-0.15, -0.1) is 0 Å². The summed E-state index contributed by atoms with van der Waals surface area (Å²) in [6.45, 7) is 11.1. The maximum Gasteiger partial charge on any atom is 0.269 e. The second-order valence-electron chi connectivity index (χ2n) is 16.5. The van der Waals surface area contributed by atoms with E-state index in [0.717, 1.165) is 40.5 Å². The zero-order valence-electron chi connectivity index (χ0n) is 45.2. The number of benzene rings is 7. The smallest absolute Gasteiger partial charge is 0.269 e. The van der Waals surface area contributed by atoms with Gasteiger partial charge >= 0.3 is 0 Å². The van der Waals surface area contributed by atoms with Crippen LogP contribution in [0.25, 0.3) is 72.3 Å². The van der Waals surface area contributed by atoms with Gasteiger partial charge in [0.15, 0.2) is 0 Å². The molecule has 0 atom stereocenters. The van der Waals surface area contributed by atoms with Crippen molar-refractivity contribution in [2.24, 2.45) is 0 Å². The molecule has 0 saturated heterocycles. The lowest BCUT2D eigenvalue weighted by Gasteiger charge is -2.19. The summed E-state index contributed by atoms with van der Waals surface area (Å²) in [6, 6.07) is 31.6. The third-order valence-corrected chi connectivity index (χ3v) is 11.7. The van der Waals surface area contributed by atoms with E-state index in [2.05, 4.69) is 81.9 Å². The van der Waals surface area contributed by atoms with Gasteiger partial charge in [0.25, 0.3) is 6.33 Å². The predicted molar refractivity (Wildman–Crippen MR) is 255 cm³/mol. The second kappa shape index (κ2) is 16.0. The van der Waals surface area contributed by atoms with E-state index in [-0.39, 0.29) is 33.4 Å². The Hall–Kier alpha value is -7.24. The summed E-state index contributed by atoms with van der Waals surface area (Å²) >= 11 is 0. The van der Waals surface area contributed by atoms with E-state index in [9.17, 15) is 0 Å². The van der Waals surface area contributed by atoms with Gasteiger partial charge in [-0.1, -0.05) is 150 Å². The number of hydrogen-bond acceptors (Lipinski definition) is 2. The number of ether oxygens (including phenoxy) is 1. The van der Waals surface area contributed by atoms with Gasteiger partial charge in [0.1, 0.15) is 17.3 Å². The maximum absolute atomic E-state index is 9.03. The topological polar surface area (TPSA) is 35.9 Å². The minimum absolute atomic E-state index is 0.0631. The molecule has 0 unspecified atom stereocenters. The summed E-state index contributed by atoms with van der Waals surface area (Å²) in [7, 11) is 0. The van der Waals surface area contributed by atoms with E-state index in [1.807, 2.05) is 66.9 Å². The average Bonchev–Trinajstić information content (AvgIpc) is 3.92. The fourth-order valence-electron chi connectivity index (χ4n) is 8.54. The molecule has 5 heteroatoms. The molecule has 7 aromatic carbocycles. The van der Waals surface area contributed by atoms with Crippen LogP contribution in [0, 0.1) is 6.33 Å². The number of nitrogens with zero attached hydrogens (tertiary/aromatic N) is 4. The molecule has 10 rings (SSSR count). The third-order valence-electron chi connectivity index (χ3n) is 11.7. The van der Waals surface area contributed by atoms with Crippen molar-refractivity contribution in [1.82, 2.24) is 14.1 Å². The van der Waals surface area contributed by atoms with Gasteiger partial charge in [-0.2, -0.15) is 0 Å². The second-order valence-corrected chi connectivity index (χ2v) is 16.5. The minimum Gasteiger partial charge on any atom is -0.458 e. The Morgan fingerprint density at radius 2 is 1.35 bits per heavy atom. The summed E-state index contributed by atoms with van der Waals surface area (Å²) in [4.78, 5) is 4.92. The molecular formula is C57H50N4O. The Balaban J connectivity index is 1.14. The summed E-state index contributed by atoms with van der Waals surface area (Å²) in [6.07, 6.45) is 7.39. The summed E-state index contributed by atoms with van der Waals surface area (Å²) < 4.78 is 99.5. The molecule has 0 aliphatic rings. The van der Waals surface area contributed by atoms with Crippen molar-refractivity contribution in [2.75, 3.05) is 0 Å². The van der Waals surface area contributed by atoms with Crippen molar-refractivity contribution >= 4 is 32.8 Å². The van der Waals surface area contributed by atoms with E-state index >= 15 is 0 Å². The Morgan fingerprint density at radius 3 is 2.06 bits per heavy atom. The molecule has 0 bridgehead atoms. The Kier molecular flexibility index (Phi) is 7.50. The molecule has 0 saturated carbocycles. The average molecular weight is 817 g/mol. The molecule has 3 heterocycles. The molecule has 10 aromatic rings. The van der Waals surface area contributed by atoms with E-state index in [4.69, 9.17) is 23.4 Å². The highest BCUT2D eigenvalue weighted by Gasteiger charge is 2.22. The van der Waals surface area contributed by atoms with E-state index in [0.29, 0.717) is 34.1 Å². The largest absolute Gasteiger partial charge is 0.458 e. The Bertz CT molecular complexity index is 3690. The standard InChI is InChI=1S/C57H50N4O/c1-6-39(7-2)42-32-33-58-55(34-42)61-51-31-28-43(57(3,4)5)35-50(51)49-30-29-46(37-54(49)61)62-45-23-16-22-44(36-45)59-38-60(53-27-15-14-26-52(53)59)56-47(40-18-10-8-11-19-40)24-17-25-48(56)41-20-12-9-13-21-41/h8-37,39H,6-7H2,1-5H3/i8D,9D,10D,11D,12D,13D,18D,19D,20D,21D. The molecule has 3 aromatic heterocycles. The van der Waals surface area contributed by atoms with Crippen LogP contribution >= 0.6 is 0 Å². The number of pyridine rings is 1. The van der Waals surface area contributed by atoms with Crippen molar-refractivity contribution in [3.63, 3.8) is 0 Å². The van der Waals surface area contributed by atoms with Crippen LogP contribution in [0.15, 0.2) is 182 Å². The Labute approximate surface area is 378 Å². The molecule has 304 valence electrons. The predicted octanol–water partition coefficient (Wildman–Crippen LogP) is 14.5. The molecule has 0 aliphatic heterocycles. The maximum atomic E-state index is 9.03. The number of fused-ring (bicyclic) bond motifs is 4. The van der Waals surface area contributed by atoms with Gasteiger partial charge in [0.05, 0.1) is 47.1 Å². The van der Waals surface area contributed by atoms with Crippen LogP contribution in [-0.2, 0) is 5.41 Å². The van der Waals surface area contributed by atoms with Gasteiger partial charge in [0.2, 0.25) is 0 Å². The van der Waals surface area contributed by atoms with Crippen LogP contribution in [0.3, 0.4) is 0 Å². The zero-order valence-corrected chi connectivity index (χ0v) is 35.2. The van der Waals surface area contributed by atoms with Crippen LogP contribution < -0.4 is 9.30 Å². The zero-order chi connectivity index (χ0) is 51.1. The molecule has 0 spiro atoms. The lowest BCUT2D eigenvalue weighted by Crippen LogP contribution is -2.31. The minimum atomic E-state index is -0.564. The van der Waals surface area contributed by atoms with Gasteiger partial charge < -0.3 is 4.74 Å². The molecule has 5 nitrogen and oxygen atoms in total. The van der Waals surface area contributed by atoms with Crippen molar-refractivity contribution in [1.29, 1.82) is 0 Å². The summed E-state index contributed by atoms with van der Waals surface area (Å²) in [5.74, 6) is 2.36. The number of aromatic nitrogens is 4. The first-order valence-corrected chi connectivity index (χ1v) is 21.0. The van der Waals surface area contributed by atoms with Crippen LogP contribution in [0.5, 0.6) is 11.5 Å². The van der Waals surface area contributed by atoms with Gasteiger partial charge in [-0.25, -0.2) is 4.98 Å². The van der Waals surface area contributed by atoms with E-state index in [1.54, 1.807) is 27.3 Å². The quantitative estimate of drug-likeness (QED) is 0.102. The SMILES string of the molecule is [2H]c1c([2H])c([2H])c(-c2cccc(-c3c([2H])c([2H])c([2H])c([2H])c3[2H])c2-[n+]2[c-]n(-c3cccc(Oc4ccc5c6cc(C(C)(C)C)ccc6n(-c6cc(C(CC)CC)ccn6)c5c4)c3)c3ccccc32)c([2H])c1[2H]. The highest BCUT2D eigenvalue weighted by Crippen LogP contribution is 2.39. The molecule has 0 amide bonds. The third kappa shape index (κ3) is 7.03. The van der Waals surface area contributed by atoms with Crippen molar-refractivity contribution < 1.29 is 23.0 Å². The summed E-state index contributed by atoms with van der Waals surface area (Å²) in [5.41, 5.74) is 6.51. The Morgan fingerprint density at radius 1 is 0.661 bits per heavy atom. The lowest BCUT2D eigenvalue weighted by atomic mass is 9.86. The van der Waals surface area contributed by atoms with Crippen LogP contribution in [0.1, 0.15) is 78.2 Å². The fourth-order valence-corrected chi connectivity index (χ4v) is 8.54. The van der Waals surface area contributed by atoms with Crippen molar-refractivity contribution in [3.8, 4) is 50.9 Å². The lowest BCUT2D eigenvalue weighted by molar-refractivity contribution is -0.571. The van der Waals surface area contributed by atoms with E-state index < -0.39 is 60.4 Å². The van der Waals surface area contributed by atoms with Gasteiger partial charge in [-0.05, 0) is 112 Å². The molecule has 0 aliphatic carbocycles. The molecule has 0 radical (unpaired) electrons. The highest BCUT2D eigenvalue weighted by molar-refractivity contribution is 6.09. The van der Waals surface area contributed by atoms with Crippen LogP contribution in [0.4, 0.5) is 0 Å². The molecule has 0 N–H and O–H groups in total. The number of imidazole rings is 1. The van der Waals surface area contributed by atoms with E-state index in [1.165, 1.54) is 11.1 Å². The fraction of sp³-hybridized carbons (Fsp3) is 0.158. The molecule has 62 heavy (non-hydrogen) atoms. The van der Waals surface area contributed by atoms with Crippen LogP contribution in [0.2, 0.25) is 0 Å². The van der Waals surface area contributed by atoms with Crippen molar-refractivity contribution in [2.45, 2.75) is 58.8 Å².